The van der Waals surface area contributed by atoms with Gasteiger partial charge in [0.05, 0.1) is 0 Å². The van der Waals surface area contributed by atoms with Crippen LogP contribution >= 0.6 is 0 Å². The summed E-state index contributed by atoms with van der Waals surface area (Å²) in [6.45, 7) is 11.7. The van der Waals surface area contributed by atoms with Gasteiger partial charge in [-0.05, 0) is 25.5 Å². The highest BCUT2D eigenvalue weighted by atomic mass is 19.1. The summed E-state index contributed by atoms with van der Waals surface area (Å²) in [5, 5.41) is 0. The maximum absolute atomic E-state index is 12.2. The van der Waals surface area contributed by atoms with Crippen LogP contribution in [0.25, 0.3) is 0 Å². The van der Waals surface area contributed by atoms with Gasteiger partial charge in [0.1, 0.15) is 0 Å². The molecule has 0 radical (unpaired) electrons. The SMILES string of the molecule is CC.CC.Cc1ccc(F)nc1C. The zero-order chi connectivity index (χ0) is 10.9. The molecule has 0 aliphatic rings. The lowest BCUT2D eigenvalue weighted by molar-refractivity contribution is 0.579. The van der Waals surface area contributed by atoms with Gasteiger partial charge in [-0.15, -0.1) is 0 Å². The van der Waals surface area contributed by atoms with Crippen LogP contribution < -0.4 is 0 Å². The molecule has 0 unspecified atom stereocenters. The number of hydrogen-bond acceptors (Lipinski definition) is 1. The molecule has 0 atom stereocenters. The van der Waals surface area contributed by atoms with Gasteiger partial charge in [0.25, 0.3) is 0 Å². The van der Waals surface area contributed by atoms with Crippen molar-refractivity contribution < 1.29 is 4.39 Å². The van der Waals surface area contributed by atoms with Crippen molar-refractivity contribution >= 4 is 0 Å². The Morgan fingerprint density at radius 1 is 1.00 bits per heavy atom. The zero-order valence-electron chi connectivity index (χ0n) is 9.48. The van der Waals surface area contributed by atoms with Gasteiger partial charge in [0.2, 0.25) is 5.95 Å². The van der Waals surface area contributed by atoms with Crippen LogP contribution in [-0.2, 0) is 0 Å². The van der Waals surface area contributed by atoms with E-state index in [1.54, 1.807) is 13.0 Å². The third-order valence-electron chi connectivity index (χ3n) is 1.32. The minimum Gasteiger partial charge on any atom is -0.225 e. The molecule has 0 amide bonds. The van der Waals surface area contributed by atoms with Gasteiger partial charge in [-0.2, -0.15) is 4.39 Å². The van der Waals surface area contributed by atoms with Crippen molar-refractivity contribution in [3.63, 3.8) is 0 Å². The standard InChI is InChI=1S/C7H8FN.2C2H6/c1-5-3-4-7(8)9-6(5)2;2*1-2/h3-4H,1-2H3;2*1-2H3. The summed E-state index contributed by atoms with van der Waals surface area (Å²) >= 11 is 0. The molecule has 0 fully saturated rings. The second-order valence-corrected chi connectivity index (χ2v) is 2.04. The Hall–Kier alpha value is -0.920. The molecule has 2 heteroatoms. The minimum atomic E-state index is -0.405. The highest BCUT2D eigenvalue weighted by Gasteiger charge is 1.93. The highest BCUT2D eigenvalue weighted by Crippen LogP contribution is 2.02. The number of rotatable bonds is 0. The van der Waals surface area contributed by atoms with E-state index in [-0.39, 0.29) is 0 Å². The van der Waals surface area contributed by atoms with Gasteiger partial charge in [-0.3, -0.25) is 0 Å². The van der Waals surface area contributed by atoms with Gasteiger partial charge >= 0.3 is 0 Å². The van der Waals surface area contributed by atoms with E-state index < -0.39 is 5.95 Å². The molecule has 1 nitrogen and oxygen atoms in total. The molecule has 0 aliphatic carbocycles. The Labute approximate surface area is 81.0 Å². The second-order valence-electron chi connectivity index (χ2n) is 2.04. The Bertz CT molecular complexity index is 221. The molecule has 1 aromatic rings. The molecule has 1 aromatic heterocycles. The summed E-state index contributed by atoms with van der Waals surface area (Å²) in [7, 11) is 0. The summed E-state index contributed by atoms with van der Waals surface area (Å²) in [6.07, 6.45) is 0. The first-order valence-electron chi connectivity index (χ1n) is 4.80. The molecule has 0 spiro atoms. The van der Waals surface area contributed by atoms with Crippen LogP contribution in [0.5, 0.6) is 0 Å². The number of aromatic nitrogens is 1. The summed E-state index contributed by atoms with van der Waals surface area (Å²) in [4.78, 5) is 3.61. The Morgan fingerprint density at radius 3 is 1.77 bits per heavy atom. The van der Waals surface area contributed by atoms with E-state index in [1.165, 1.54) is 6.07 Å². The molecule has 0 aliphatic heterocycles. The molecule has 1 rings (SSSR count). The third kappa shape index (κ3) is 6.26. The summed E-state index contributed by atoms with van der Waals surface area (Å²) in [6, 6.07) is 3.08. The van der Waals surface area contributed by atoms with Gasteiger partial charge < -0.3 is 0 Å². The lowest BCUT2D eigenvalue weighted by Gasteiger charge is -1.95. The van der Waals surface area contributed by atoms with E-state index in [0.717, 1.165) is 11.3 Å². The molecule has 0 saturated carbocycles. The number of nitrogens with zero attached hydrogens (tertiary/aromatic N) is 1. The van der Waals surface area contributed by atoms with Crippen molar-refractivity contribution in [2.75, 3.05) is 0 Å². The average molecular weight is 185 g/mol. The number of aryl methyl sites for hydroxylation is 2. The first-order valence-corrected chi connectivity index (χ1v) is 4.80. The van der Waals surface area contributed by atoms with E-state index in [0.29, 0.717) is 0 Å². The maximum atomic E-state index is 12.2. The molecule has 1 heterocycles. The van der Waals surface area contributed by atoms with Crippen molar-refractivity contribution in [3.8, 4) is 0 Å². The summed E-state index contributed by atoms with van der Waals surface area (Å²) in [5.41, 5.74) is 1.78. The van der Waals surface area contributed by atoms with Gasteiger partial charge in [-0.25, -0.2) is 4.98 Å². The fraction of sp³-hybridized carbons (Fsp3) is 0.545. The van der Waals surface area contributed by atoms with Crippen LogP contribution in [-0.4, -0.2) is 4.98 Å². The first kappa shape index (κ1) is 14.6. The van der Waals surface area contributed by atoms with Crippen LogP contribution in [0.1, 0.15) is 39.0 Å². The van der Waals surface area contributed by atoms with Crippen LogP contribution in [0.4, 0.5) is 4.39 Å². The minimum absolute atomic E-state index is 0.405. The van der Waals surface area contributed by atoms with E-state index in [1.807, 2.05) is 34.6 Å². The van der Waals surface area contributed by atoms with Crippen molar-refractivity contribution in [1.29, 1.82) is 0 Å². The second kappa shape index (κ2) is 9.17. The molecule has 0 aromatic carbocycles. The Balaban J connectivity index is 0. The quantitative estimate of drug-likeness (QED) is 0.559. The normalized spacial score (nSPS) is 7.62. The highest BCUT2D eigenvalue weighted by molar-refractivity contribution is 5.16. The number of pyridine rings is 1. The number of hydrogen-bond donors (Lipinski definition) is 0. The lowest BCUT2D eigenvalue weighted by atomic mass is 10.2. The van der Waals surface area contributed by atoms with E-state index in [4.69, 9.17) is 0 Å². The van der Waals surface area contributed by atoms with E-state index >= 15 is 0 Å². The molecular formula is C11H20FN. The van der Waals surface area contributed by atoms with Gasteiger partial charge in [0, 0.05) is 5.69 Å². The van der Waals surface area contributed by atoms with Crippen molar-refractivity contribution in [3.05, 3.63) is 29.3 Å². The van der Waals surface area contributed by atoms with Crippen molar-refractivity contribution in [1.82, 2.24) is 4.98 Å². The monoisotopic (exact) mass is 185 g/mol. The zero-order valence-corrected chi connectivity index (χ0v) is 9.48. The number of halogens is 1. The lowest BCUT2D eigenvalue weighted by Crippen LogP contribution is -1.88. The Morgan fingerprint density at radius 2 is 1.46 bits per heavy atom. The largest absolute Gasteiger partial charge is 0.225 e. The topological polar surface area (TPSA) is 12.9 Å². The molecule has 13 heavy (non-hydrogen) atoms. The van der Waals surface area contributed by atoms with E-state index in [9.17, 15) is 4.39 Å². The van der Waals surface area contributed by atoms with Gasteiger partial charge in [-0.1, -0.05) is 33.8 Å². The van der Waals surface area contributed by atoms with Crippen LogP contribution in [0.3, 0.4) is 0 Å². The fourth-order valence-electron chi connectivity index (χ4n) is 0.600. The molecule has 0 bridgehead atoms. The van der Waals surface area contributed by atoms with Gasteiger partial charge in [0.15, 0.2) is 0 Å². The first-order chi connectivity index (χ1) is 6.20. The summed E-state index contributed by atoms with van der Waals surface area (Å²) in [5.74, 6) is -0.405. The van der Waals surface area contributed by atoms with Crippen LogP contribution in [0.2, 0.25) is 0 Å². The third-order valence-corrected chi connectivity index (χ3v) is 1.32. The van der Waals surface area contributed by atoms with Crippen molar-refractivity contribution in [2.24, 2.45) is 0 Å². The Kier molecular flexibility index (Phi) is 10.3. The molecular weight excluding hydrogens is 165 g/mol. The smallest absolute Gasteiger partial charge is 0.213 e. The van der Waals surface area contributed by atoms with Crippen LogP contribution in [0.15, 0.2) is 12.1 Å². The predicted octanol–water partition coefficient (Wildman–Crippen LogP) is 3.89. The molecule has 0 N–H and O–H groups in total. The summed E-state index contributed by atoms with van der Waals surface area (Å²) < 4.78 is 12.2. The predicted molar refractivity (Wildman–Crippen MR) is 56.4 cm³/mol. The molecule has 76 valence electrons. The molecule has 0 saturated heterocycles. The average Bonchev–Trinajstić information content (AvgIpc) is 2.18. The maximum Gasteiger partial charge on any atom is 0.213 e. The van der Waals surface area contributed by atoms with Crippen LogP contribution in [0, 0.1) is 19.8 Å². The van der Waals surface area contributed by atoms with E-state index in [2.05, 4.69) is 4.98 Å². The fourth-order valence-corrected chi connectivity index (χ4v) is 0.600. The van der Waals surface area contributed by atoms with Crippen molar-refractivity contribution in [2.45, 2.75) is 41.5 Å².